The smallest absolute Gasteiger partial charge is 0.246 e. The molecule has 0 bridgehead atoms. The summed E-state index contributed by atoms with van der Waals surface area (Å²) in [6.45, 7) is 5.35. The van der Waals surface area contributed by atoms with Gasteiger partial charge in [0.25, 0.3) is 0 Å². The van der Waals surface area contributed by atoms with Crippen molar-refractivity contribution in [3.8, 4) is 5.75 Å². The number of carbonyl (C=O) groups excluding carboxylic acids is 1. The number of nitrogens with one attached hydrogen (secondary N) is 2. The van der Waals surface area contributed by atoms with Gasteiger partial charge in [-0.15, -0.1) is 0 Å². The number of phenols is 1. The Balaban J connectivity index is 1.57. The topological polar surface area (TPSA) is 80.2 Å². The van der Waals surface area contributed by atoms with Gasteiger partial charge in [-0.3, -0.25) is 4.79 Å². The minimum atomic E-state index is -0.240. The fourth-order valence-corrected chi connectivity index (χ4v) is 3.19. The maximum atomic E-state index is 14.0. The van der Waals surface area contributed by atoms with Crippen molar-refractivity contribution in [1.82, 2.24) is 10.2 Å². The van der Waals surface area contributed by atoms with Gasteiger partial charge in [-0.25, -0.2) is 9.38 Å². The van der Waals surface area contributed by atoms with Crippen molar-refractivity contribution in [3.63, 3.8) is 0 Å². The third-order valence-electron chi connectivity index (χ3n) is 4.63. The number of rotatable bonds is 5. The lowest BCUT2D eigenvalue weighted by Crippen LogP contribution is -2.53. The second kappa shape index (κ2) is 9.77. The van der Waals surface area contributed by atoms with E-state index in [4.69, 9.17) is 0 Å². The predicted molar refractivity (Wildman–Crippen MR) is 113 cm³/mol. The summed E-state index contributed by atoms with van der Waals surface area (Å²) >= 11 is 0. The van der Waals surface area contributed by atoms with Gasteiger partial charge in [-0.1, -0.05) is 12.1 Å². The van der Waals surface area contributed by atoms with Crippen LogP contribution in [-0.2, 0) is 4.79 Å². The van der Waals surface area contributed by atoms with Crippen molar-refractivity contribution in [2.45, 2.75) is 6.92 Å². The summed E-state index contributed by atoms with van der Waals surface area (Å²) in [5, 5.41) is 15.3. The zero-order valence-electron chi connectivity index (χ0n) is 16.4. The summed E-state index contributed by atoms with van der Waals surface area (Å²) < 4.78 is 14.0. The van der Waals surface area contributed by atoms with Gasteiger partial charge in [0.15, 0.2) is 5.96 Å². The molecule has 0 unspecified atom stereocenters. The fraction of sp³-hybridized carbons (Fsp3) is 0.333. The Hall–Kier alpha value is -3.29. The van der Waals surface area contributed by atoms with Crippen LogP contribution < -0.4 is 15.5 Å². The molecule has 29 heavy (non-hydrogen) atoms. The van der Waals surface area contributed by atoms with E-state index >= 15 is 0 Å². The Kier molecular flexibility index (Phi) is 6.89. The van der Waals surface area contributed by atoms with Crippen molar-refractivity contribution in [2.24, 2.45) is 4.99 Å². The van der Waals surface area contributed by atoms with E-state index < -0.39 is 0 Å². The van der Waals surface area contributed by atoms with Crippen molar-refractivity contribution in [1.29, 1.82) is 0 Å². The van der Waals surface area contributed by atoms with E-state index in [2.05, 4.69) is 20.5 Å². The van der Waals surface area contributed by atoms with Gasteiger partial charge < -0.3 is 25.5 Å². The molecule has 2 aromatic carbocycles. The third-order valence-corrected chi connectivity index (χ3v) is 4.63. The summed E-state index contributed by atoms with van der Waals surface area (Å²) in [6, 6.07) is 13.1. The molecule has 1 fully saturated rings. The van der Waals surface area contributed by atoms with Crippen molar-refractivity contribution < 1.29 is 14.3 Å². The van der Waals surface area contributed by atoms with Gasteiger partial charge in [0.1, 0.15) is 18.1 Å². The maximum Gasteiger partial charge on any atom is 0.246 e. The SMILES string of the molecule is CCNC(=NCC(=O)Nc1ccc(O)cc1)N1CCN(c2ccccc2F)CC1. The molecule has 154 valence electrons. The number of aliphatic imine (C=N–C) groups is 1. The monoisotopic (exact) mass is 399 g/mol. The number of aromatic hydroxyl groups is 1. The summed E-state index contributed by atoms with van der Waals surface area (Å²) in [7, 11) is 0. The van der Waals surface area contributed by atoms with Crippen LogP contribution in [0.15, 0.2) is 53.5 Å². The van der Waals surface area contributed by atoms with Crippen LogP contribution in [0.1, 0.15) is 6.92 Å². The first-order valence-corrected chi connectivity index (χ1v) is 9.68. The van der Waals surface area contributed by atoms with E-state index in [1.54, 1.807) is 24.3 Å². The predicted octanol–water partition coefficient (Wildman–Crippen LogP) is 2.26. The van der Waals surface area contributed by atoms with Crippen molar-refractivity contribution in [3.05, 3.63) is 54.3 Å². The summed E-state index contributed by atoms with van der Waals surface area (Å²) in [5.41, 5.74) is 1.22. The minimum absolute atomic E-state index is 0.0171. The molecule has 3 rings (SSSR count). The largest absolute Gasteiger partial charge is 0.508 e. The van der Waals surface area contributed by atoms with E-state index in [9.17, 15) is 14.3 Å². The zero-order valence-corrected chi connectivity index (χ0v) is 16.4. The number of amides is 1. The number of para-hydroxylation sites is 1. The number of benzene rings is 2. The van der Waals surface area contributed by atoms with Crippen LogP contribution >= 0.6 is 0 Å². The van der Waals surface area contributed by atoms with Crippen LogP contribution in [-0.4, -0.2) is 61.1 Å². The Morgan fingerprint density at radius 1 is 1.10 bits per heavy atom. The number of guanidine groups is 1. The van der Waals surface area contributed by atoms with Crippen LogP contribution in [0.25, 0.3) is 0 Å². The van der Waals surface area contributed by atoms with Crippen molar-refractivity contribution >= 4 is 23.2 Å². The van der Waals surface area contributed by atoms with Crippen LogP contribution in [0.4, 0.5) is 15.8 Å². The maximum absolute atomic E-state index is 14.0. The number of halogens is 1. The van der Waals surface area contributed by atoms with Crippen molar-refractivity contribution in [2.75, 3.05) is 49.5 Å². The molecule has 0 radical (unpaired) electrons. The number of carbonyl (C=O) groups is 1. The van der Waals surface area contributed by atoms with Crippen LogP contribution in [0.5, 0.6) is 5.75 Å². The molecule has 2 aromatic rings. The van der Waals surface area contributed by atoms with E-state index in [1.165, 1.54) is 18.2 Å². The molecule has 1 saturated heterocycles. The summed E-state index contributed by atoms with van der Waals surface area (Å²) in [5.74, 6) is 0.357. The fourth-order valence-electron chi connectivity index (χ4n) is 3.19. The molecule has 1 aliphatic rings. The molecule has 0 spiro atoms. The molecular weight excluding hydrogens is 373 g/mol. The molecule has 8 heteroatoms. The summed E-state index contributed by atoms with van der Waals surface area (Å²) in [6.07, 6.45) is 0. The molecule has 0 aliphatic carbocycles. The normalized spacial score (nSPS) is 14.6. The lowest BCUT2D eigenvalue weighted by Gasteiger charge is -2.37. The lowest BCUT2D eigenvalue weighted by atomic mass is 10.2. The first-order valence-electron chi connectivity index (χ1n) is 9.68. The first-order chi connectivity index (χ1) is 14.1. The van der Waals surface area contributed by atoms with Gasteiger partial charge in [0.05, 0.1) is 5.69 Å². The van der Waals surface area contributed by atoms with Crippen LogP contribution in [0, 0.1) is 5.82 Å². The first kappa shape index (κ1) is 20.4. The van der Waals surface area contributed by atoms with Gasteiger partial charge in [-0.2, -0.15) is 0 Å². The number of phenolic OH excluding ortho intramolecular Hbond substituents is 1. The second-order valence-electron chi connectivity index (χ2n) is 6.69. The molecule has 3 N–H and O–H groups in total. The zero-order chi connectivity index (χ0) is 20.6. The molecule has 1 amide bonds. The average molecular weight is 399 g/mol. The number of nitrogens with zero attached hydrogens (tertiary/aromatic N) is 3. The van der Waals surface area contributed by atoms with Gasteiger partial charge in [0, 0.05) is 38.4 Å². The number of anilines is 2. The number of hydrogen-bond acceptors (Lipinski definition) is 4. The standard InChI is InChI=1S/C21H26FN5O2/c1-2-23-21(24-15-20(29)25-16-7-9-17(28)10-8-16)27-13-11-26(12-14-27)19-6-4-3-5-18(19)22/h3-10,28H,2,11-15H2,1H3,(H,23,24)(H,25,29). The van der Waals surface area contributed by atoms with Gasteiger partial charge >= 0.3 is 0 Å². The highest BCUT2D eigenvalue weighted by Crippen LogP contribution is 2.20. The molecule has 7 nitrogen and oxygen atoms in total. The quantitative estimate of drug-likeness (QED) is 0.408. The molecular formula is C21H26FN5O2. The second-order valence-corrected chi connectivity index (χ2v) is 6.69. The lowest BCUT2D eigenvalue weighted by molar-refractivity contribution is -0.114. The Labute approximate surface area is 169 Å². The number of hydrogen-bond donors (Lipinski definition) is 3. The highest BCUT2D eigenvalue weighted by Gasteiger charge is 2.21. The molecule has 1 heterocycles. The third kappa shape index (κ3) is 5.60. The Bertz CT molecular complexity index is 848. The van der Waals surface area contributed by atoms with E-state index in [1.807, 2.05) is 17.9 Å². The molecule has 0 saturated carbocycles. The molecule has 1 aliphatic heterocycles. The average Bonchev–Trinajstić information content (AvgIpc) is 2.73. The van der Waals surface area contributed by atoms with Crippen LogP contribution in [0.2, 0.25) is 0 Å². The van der Waals surface area contributed by atoms with Crippen LogP contribution in [0.3, 0.4) is 0 Å². The molecule has 0 aromatic heterocycles. The van der Waals surface area contributed by atoms with Gasteiger partial charge in [-0.05, 0) is 43.3 Å². The van der Waals surface area contributed by atoms with E-state index in [0.29, 0.717) is 50.1 Å². The highest BCUT2D eigenvalue weighted by molar-refractivity contribution is 5.94. The van der Waals surface area contributed by atoms with E-state index in [0.717, 1.165) is 0 Å². The highest BCUT2D eigenvalue weighted by atomic mass is 19.1. The molecule has 0 atom stereocenters. The van der Waals surface area contributed by atoms with Gasteiger partial charge in [0.2, 0.25) is 5.91 Å². The number of piperazine rings is 1. The Morgan fingerprint density at radius 2 is 1.79 bits per heavy atom. The minimum Gasteiger partial charge on any atom is -0.508 e. The van der Waals surface area contributed by atoms with E-state index in [-0.39, 0.29) is 24.0 Å². The summed E-state index contributed by atoms with van der Waals surface area (Å²) in [4.78, 5) is 20.7. The Morgan fingerprint density at radius 3 is 2.45 bits per heavy atom.